The average Bonchev–Trinajstić information content (AvgIpc) is 2.82. The first-order valence-electron chi connectivity index (χ1n) is 5.47. The zero-order valence-electron chi connectivity index (χ0n) is 9.19. The summed E-state index contributed by atoms with van der Waals surface area (Å²) in [7, 11) is 1.70. The molecule has 1 aliphatic rings. The number of aliphatic hydroxyl groups is 1. The average molecular weight is 234 g/mol. The van der Waals surface area contributed by atoms with Crippen LogP contribution in [0.15, 0.2) is 23.6 Å². The summed E-state index contributed by atoms with van der Waals surface area (Å²) in [6.07, 6.45) is 2.64. The predicted molar refractivity (Wildman–Crippen MR) is 66.3 cm³/mol. The van der Waals surface area contributed by atoms with E-state index in [1.807, 2.05) is 6.07 Å². The van der Waals surface area contributed by atoms with E-state index in [0.717, 1.165) is 25.0 Å². The topological polar surface area (TPSA) is 29.5 Å². The minimum atomic E-state index is -0.427. The molecule has 1 saturated carbocycles. The fraction of sp³-hybridized carbons (Fsp3) is 0.385. The Morgan fingerprint density at radius 3 is 2.88 bits per heavy atom. The van der Waals surface area contributed by atoms with Crippen LogP contribution in [0.1, 0.15) is 18.4 Å². The highest BCUT2D eigenvalue weighted by Crippen LogP contribution is 2.41. The highest BCUT2D eigenvalue weighted by molar-refractivity contribution is 7.17. The van der Waals surface area contributed by atoms with Gasteiger partial charge in [-0.2, -0.15) is 0 Å². The number of benzene rings is 1. The molecule has 2 nitrogen and oxygen atoms in total. The molecule has 1 heterocycles. The van der Waals surface area contributed by atoms with Gasteiger partial charge in [0.2, 0.25) is 0 Å². The van der Waals surface area contributed by atoms with Crippen LogP contribution in [0.5, 0.6) is 5.75 Å². The van der Waals surface area contributed by atoms with Crippen molar-refractivity contribution in [2.24, 2.45) is 0 Å². The number of thiophene rings is 1. The maximum atomic E-state index is 9.98. The molecule has 1 aliphatic carbocycles. The normalized spacial score (nSPS) is 17.6. The van der Waals surface area contributed by atoms with Crippen LogP contribution < -0.4 is 4.74 Å². The first-order valence-corrected chi connectivity index (χ1v) is 6.35. The summed E-state index contributed by atoms with van der Waals surface area (Å²) in [6, 6.07) is 6.19. The van der Waals surface area contributed by atoms with Gasteiger partial charge in [-0.05, 0) is 41.3 Å². The lowest BCUT2D eigenvalue weighted by Gasteiger charge is -2.10. The van der Waals surface area contributed by atoms with E-state index in [2.05, 4.69) is 17.5 Å². The van der Waals surface area contributed by atoms with Gasteiger partial charge < -0.3 is 9.84 Å². The largest absolute Gasteiger partial charge is 0.495 e. The molecule has 3 heteroatoms. The summed E-state index contributed by atoms with van der Waals surface area (Å²) in [5.74, 6) is 0.927. The maximum Gasteiger partial charge on any atom is 0.136 e. The van der Waals surface area contributed by atoms with Crippen LogP contribution >= 0.6 is 11.3 Å². The van der Waals surface area contributed by atoms with Gasteiger partial charge in [0.1, 0.15) is 5.75 Å². The second kappa shape index (κ2) is 3.47. The van der Waals surface area contributed by atoms with Crippen molar-refractivity contribution in [1.82, 2.24) is 0 Å². The van der Waals surface area contributed by atoms with E-state index in [0.29, 0.717) is 0 Å². The van der Waals surface area contributed by atoms with Gasteiger partial charge in [-0.3, -0.25) is 0 Å². The number of hydrogen-bond donors (Lipinski definition) is 1. The summed E-state index contributed by atoms with van der Waals surface area (Å²) in [4.78, 5) is 0. The molecule has 0 amide bonds. The quantitative estimate of drug-likeness (QED) is 0.884. The van der Waals surface area contributed by atoms with Crippen molar-refractivity contribution in [2.75, 3.05) is 7.11 Å². The molecule has 2 aromatic rings. The molecule has 16 heavy (non-hydrogen) atoms. The molecule has 1 N–H and O–H groups in total. The smallest absolute Gasteiger partial charge is 0.136 e. The predicted octanol–water partition coefficient (Wildman–Crippen LogP) is 2.98. The van der Waals surface area contributed by atoms with Crippen LogP contribution in [0.2, 0.25) is 0 Å². The van der Waals surface area contributed by atoms with E-state index in [-0.39, 0.29) is 0 Å². The fourth-order valence-electron chi connectivity index (χ4n) is 2.09. The lowest BCUT2D eigenvalue weighted by atomic mass is 10.0. The molecule has 0 bridgehead atoms. The monoisotopic (exact) mass is 234 g/mol. The van der Waals surface area contributed by atoms with E-state index in [1.165, 1.54) is 15.6 Å². The van der Waals surface area contributed by atoms with Crippen LogP contribution in [-0.4, -0.2) is 17.8 Å². The molecule has 1 aromatic carbocycles. The molecular formula is C13H14O2S. The van der Waals surface area contributed by atoms with Gasteiger partial charge in [-0.1, -0.05) is 6.07 Å². The van der Waals surface area contributed by atoms with E-state index in [9.17, 15) is 5.11 Å². The van der Waals surface area contributed by atoms with Crippen LogP contribution in [0.3, 0.4) is 0 Å². The number of rotatable bonds is 3. The Morgan fingerprint density at radius 1 is 1.38 bits per heavy atom. The Kier molecular flexibility index (Phi) is 2.19. The van der Waals surface area contributed by atoms with E-state index in [4.69, 9.17) is 4.74 Å². The van der Waals surface area contributed by atoms with Crippen molar-refractivity contribution in [3.8, 4) is 5.75 Å². The maximum absolute atomic E-state index is 9.98. The molecule has 84 valence electrons. The van der Waals surface area contributed by atoms with E-state index in [1.54, 1.807) is 18.4 Å². The lowest BCUT2D eigenvalue weighted by molar-refractivity contribution is 0.151. The highest BCUT2D eigenvalue weighted by Gasteiger charge is 2.40. The van der Waals surface area contributed by atoms with Gasteiger partial charge in [0.15, 0.2) is 0 Å². The molecule has 0 radical (unpaired) electrons. The molecular weight excluding hydrogens is 220 g/mol. The van der Waals surface area contributed by atoms with E-state index >= 15 is 0 Å². The molecule has 0 aliphatic heterocycles. The third-order valence-corrected chi connectivity index (χ3v) is 4.17. The molecule has 1 fully saturated rings. The second-order valence-electron chi connectivity index (χ2n) is 4.49. The molecule has 0 spiro atoms. The van der Waals surface area contributed by atoms with Crippen LogP contribution in [0.25, 0.3) is 10.1 Å². The van der Waals surface area contributed by atoms with Crippen molar-refractivity contribution in [1.29, 1.82) is 0 Å². The van der Waals surface area contributed by atoms with Gasteiger partial charge in [0, 0.05) is 6.42 Å². The third-order valence-electron chi connectivity index (χ3n) is 3.24. The number of methoxy groups -OCH3 is 1. The van der Waals surface area contributed by atoms with Crippen LogP contribution in [0, 0.1) is 0 Å². The molecule has 3 rings (SSSR count). The molecule has 0 unspecified atom stereocenters. The molecule has 0 saturated heterocycles. The van der Waals surface area contributed by atoms with Gasteiger partial charge >= 0.3 is 0 Å². The van der Waals surface area contributed by atoms with Gasteiger partial charge in [0.05, 0.1) is 17.4 Å². The summed E-state index contributed by atoms with van der Waals surface area (Å²) < 4.78 is 6.52. The summed E-state index contributed by atoms with van der Waals surface area (Å²) in [5.41, 5.74) is 0.806. The van der Waals surface area contributed by atoms with Gasteiger partial charge in [-0.25, -0.2) is 0 Å². The molecule has 0 atom stereocenters. The lowest BCUT2D eigenvalue weighted by Crippen LogP contribution is -2.10. The van der Waals surface area contributed by atoms with Crippen molar-refractivity contribution >= 4 is 21.4 Å². The van der Waals surface area contributed by atoms with E-state index < -0.39 is 5.60 Å². The van der Waals surface area contributed by atoms with Gasteiger partial charge in [0.25, 0.3) is 0 Å². The van der Waals surface area contributed by atoms with Gasteiger partial charge in [-0.15, -0.1) is 11.3 Å². The Morgan fingerprint density at radius 2 is 2.19 bits per heavy atom. The summed E-state index contributed by atoms with van der Waals surface area (Å²) in [6.45, 7) is 0. The second-order valence-corrected chi connectivity index (χ2v) is 5.41. The standard InChI is InChI=1S/C13H14O2S/c1-15-11-3-2-9(8-13(14)5-6-13)10-4-7-16-12(10)11/h2-4,7,14H,5-6,8H2,1H3. The third kappa shape index (κ3) is 1.60. The first kappa shape index (κ1) is 10.1. The van der Waals surface area contributed by atoms with Crippen molar-refractivity contribution in [2.45, 2.75) is 24.9 Å². The zero-order valence-corrected chi connectivity index (χ0v) is 10.0. The Balaban J connectivity index is 2.08. The highest BCUT2D eigenvalue weighted by atomic mass is 32.1. The Bertz CT molecular complexity index is 526. The van der Waals surface area contributed by atoms with Crippen molar-refractivity contribution < 1.29 is 9.84 Å². The van der Waals surface area contributed by atoms with Crippen LogP contribution in [0.4, 0.5) is 0 Å². The number of ether oxygens (including phenoxy) is 1. The summed E-state index contributed by atoms with van der Waals surface area (Å²) in [5, 5.41) is 13.3. The Labute approximate surface area is 98.5 Å². The SMILES string of the molecule is COc1ccc(CC2(O)CC2)c2ccsc12. The zero-order chi connectivity index (χ0) is 11.2. The molecule has 1 aromatic heterocycles. The van der Waals surface area contributed by atoms with Crippen LogP contribution in [-0.2, 0) is 6.42 Å². The van der Waals surface area contributed by atoms with Crippen molar-refractivity contribution in [3.05, 3.63) is 29.1 Å². The number of fused-ring (bicyclic) bond motifs is 1. The number of hydrogen-bond acceptors (Lipinski definition) is 3. The summed E-state index contributed by atoms with van der Waals surface area (Å²) >= 11 is 1.69. The Hall–Kier alpha value is -1.06. The minimum absolute atomic E-state index is 0.427. The first-order chi connectivity index (χ1) is 7.72. The fourth-order valence-corrected chi connectivity index (χ4v) is 3.02. The van der Waals surface area contributed by atoms with Crippen molar-refractivity contribution in [3.63, 3.8) is 0 Å². The minimum Gasteiger partial charge on any atom is -0.495 e.